The number of methoxy groups -OCH3 is 1. The van der Waals surface area contributed by atoms with Crippen LogP contribution in [0.4, 0.5) is 5.69 Å². The lowest BCUT2D eigenvalue weighted by atomic mass is 9.80. The van der Waals surface area contributed by atoms with Crippen molar-refractivity contribution >= 4 is 16.5 Å². The molecule has 5 rings (SSSR count). The molecule has 0 N–H and O–H groups in total. The molecule has 2 aliphatic rings. The molecule has 0 spiro atoms. The van der Waals surface area contributed by atoms with Crippen LogP contribution in [0, 0.1) is 0 Å². The Morgan fingerprint density at radius 2 is 1.74 bits per heavy atom. The summed E-state index contributed by atoms with van der Waals surface area (Å²) >= 11 is 0. The van der Waals surface area contributed by atoms with Crippen LogP contribution in [0.25, 0.3) is 10.8 Å². The molecule has 162 valence electrons. The highest BCUT2D eigenvalue weighted by Gasteiger charge is 2.23. The van der Waals surface area contributed by atoms with Crippen molar-refractivity contribution in [1.29, 1.82) is 0 Å². The van der Waals surface area contributed by atoms with Gasteiger partial charge in [-0.2, -0.15) is 0 Å². The van der Waals surface area contributed by atoms with E-state index in [-0.39, 0.29) is 0 Å². The second-order valence-electron chi connectivity index (χ2n) is 9.12. The summed E-state index contributed by atoms with van der Waals surface area (Å²) in [4.78, 5) is 5.21. The molecule has 31 heavy (non-hydrogen) atoms. The summed E-state index contributed by atoms with van der Waals surface area (Å²) in [6.45, 7) is 5.81. The number of rotatable bonds is 6. The standard InChI is InChI=1S/C28H34N2O/c1-31-28-13-5-11-26-23(9-4-12-27(26)28)10-6-16-29-17-19-30(20-18-29)25-15-14-22-7-2-3-8-24(22)21-25/h2-3,5,7-8,11,13-15,21,23H,4,6,9-10,12,16-20H2,1H3. The molecular formula is C28H34N2O. The lowest BCUT2D eigenvalue weighted by Crippen LogP contribution is -2.46. The van der Waals surface area contributed by atoms with Crippen molar-refractivity contribution in [1.82, 2.24) is 4.90 Å². The number of ether oxygens (including phenoxy) is 1. The molecule has 1 atom stereocenters. The van der Waals surface area contributed by atoms with Crippen molar-refractivity contribution in [3.63, 3.8) is 0 Å². The van der Waals surface area contributed by atoms with E-state index in [0.29, 0.717) is 5.92 Å². The first-order valence-electron chi connectivity index (χ1n) is 11.9. The largest absolute Gasteiger partial charge is 0.496 e. The number of benzene rings is 3. The summed E-state index contributed by atoms with van der Waals surface area (Å²) in [5.74, 6) is 1.80. The summed E-state index contributed by atoms with van der Waals surface area (Å²) < 4.78 is 5.62. The Morgan fingerprint density at radius 3 is 2.58 bits per heavy atom. The Labute approximate surface area is 186 Å². The highest BCUT2D eigenvalue weighted by Crippen LogP contribution is 2.38. The number of fused-ring (bicyclic) bond motifs is 2. The van der Waals surface area contributed by atoms with Gasteiger partial charge in [0, 0.05) is 31.9 Å². The molecule has 0 amide bonds. The van der Waals surface area contributed by atoms with Gasteiger partial charge in [-0.15, -0.1) is 0 Å². The van der Waals surface area contributed by atoms with Gasteiger partial charge in [0.1, 0.15) is 5.75 Å². The second kappa shape index (κ2) is 9.32. The number of anilines is 1. The van der Waals surface area contributed by atoms with E-state index in [1.165, 1.54) is 73.8 Å². The first-order chi connectivity index (χ1) is 15.3. The number of hydrogen-bond acceptors (Lipinski definition) is 3. The van der Waals surface area contributed by atoms with Crippen LogP contribution < -0.4 is 9.64 Å². The van der Waals surface area contributed by atoms with Crippen molar-refractivity contribution in [3.8, 4) is 5.75 Å². The number of piperazine rings is 1. The monoisotopic (exact) mass is 414 g/mol. The average Bonchev–Trinajstić information content (AvgIpc) is 2.84. The van der Waals surface area contributed by atoms with Crippen LogP contribution in [0.5, 0.6) is 5.75 Å². The average molecular weight is 415 g/mol. The SMILES string of the molecule is COc1cccc2c1CCCC2CCCN1CCN(c2ccc3ccccc3c2)CC1. The summed E-state index contributed by atoms with van der Waals surface area (Å²) in [6.07, 6.45) is 6.38. The molecule has 1 fully saturated rings. The summed E-state index contributed by atoms with van der Waals surface area (Å²) in [6, 6.07) is 22.2. The minimum atomic E-state index is 0.706. The van der Waals surface area contributed by atoms with Crippen molar-refractivity contribution in [2.24, 2.45) is 0 Å². The quantitative estimate of drug-likeness (QED) is 0.502. The maximum Gasteiger partial charge on any atom is 0.122 e. The van der Waals surface area contributed by atoms with Crippen molar-refractivity contribution in [2.75, 3.05) is 44.7 Å². The first-order valence-corrected chi connectivity index (χ1v) is 11.9. The zero-order chi connectivity index (χ0) is 21.0. The molecule has 0 aromatic heterocycles. The Balaban J connectivity index is 1.13. The number of hydrogen-bond donors (Lipinski definition) is 0. The minimum absolute atomic E-state index is 0.706. The third-order valence-electron chi connectivity index (χ3n) is 7.31. The Morgan fingerprint density at radius 1 is 0.903 bits per heavy atom. The van der Waals surface area contributed by atoms with Gasteiger partial charge in [0.05, 0.1) is 7.11 Å². The smallest absolute Gasteiger partial charge is 0.122 e. The van der Waals surface area contributed by atoms with Crippen LogP contribution in [-0.4, -0.2) is 44.7 Å². The van der Waals surface area contributed by atoms with Crippen molar-refractivity contribution in [2.45, 2.75) is 38.0 Å². The molecule has 1 heterocycles. The van der Waals surface area contributed by atoms with Gasteiger partial charge in [-0.05, 0) is 84.7 Å². The molecule has 3 aromatic carbocycles. The van der Waals surface area contributed by atoms with Crippen LogP contribution in [0.15, 0.2) is 60.7 Å². The van der Waals surface area contributed by atoms with E-state index in [4.69, 9.17) is 4.74 Å². The zero-order valence-corrected chi connectivity index (χ0v) is 18.7. The van der Waals surface area contributed by atoms with Crippen LogP contribution in [0.3, 0.4) is 0 Å². The fraction of sp³-hybridized carbons (Fsp3) is 0.429. The van der Waals surface area contributed by atoms with E-state index in [1.54, 1.807) is 12.7 Å². The van der Waals surface area contributed by atoms with Crippen molar-refractivity contribution < 1.29 is 4.74 Å². The predicted octanol–water partition coefficient (Wildman–Crippen LogP) is 5.87. The molecule has 1 aliphatic heterocycles. The molecule has 0 saturated carbocycles. The molecule has 3 heteroatoms. The molecule has 3 nitrogen and oxygen atoms in total. The lowest BCUT2D eigenvalue weighted by Gasteiger charge is -2.36. The Bertz CT molecular complexity index is 1020. The molecule has 0 bridgehead atoms. The highest BCUT2D eigenvalue weighted by molar-refractivity contribution is 5.85. The number of nitrogens with zero attached hydrogens (tertiary/aromatic N) is 2. The Hall–Kier alpha value is -2.52. The van der Waals surface area contributed by atoms with Gasteiger partial charge >= 0.3 is 0 Å². The Kier molecular flexibility index (Phi) is 6.13. The summed E-state index contributed by atoms with van der Waals surface area (Å²) in [5, 5.41) is 2.67. The minimum Gasteiger partial charge on any atom is -0.496 e. The third kappa shape index (κ3) is 4.43. The fourth-order valence-corrected chi connectivity index (χ4v) is 5.57. The van der Waals surface area contributed by atoms with E-state index in [9.17, 15) is 0 Å². The van der Waals surface area contributed by atoms with Gasteiger partial charge in [0.25, 0.3) is 0 Å². The second-order valence-corrected chi connectivity index (χ2v) is 9.12. The molecular weight excluding hydrogens is 380 g/mol. The van der Waals surface area contributed by atoms with E-state index in [1.807, 2.05) is 0 Å². The molecule has 1 unspecified atom stereocenters. The first kappa shape index (κ1) is 20.4. The van der Waals surface area contributed by atoms with Crippen LogP contribution in [0.2, 0.25) is 0 Å². The van der Waals surface area contributed by atoms with Gasteiger partial charge in [0.15, 0.2) is 0 Å². The normalized spacial score (nSPS) is 19.4. The lowest BCUT2D eigenvalue weighted by molar-refractivity contribution is 0.249. The highest BCUT2D eigenvalue weighted by atomic mass is 16.5. The van der Waals surface area contributed by atoms with E-state index < -0.39 is 0 Å². The van der Waals surface area contributed by atoms with Crippen LogP contribution in [0.1, 0.15) is 42.7 Å². The van der Waals surface area contributed by atoms with E-state index >= 15 is 0 Å². The summed E-state index contributed by atoms with van der Waals surface area (Å²) in [7, 11) is 1.80. The van der Waals surface area contributed by atoms with Gasteiger partial charge in [0.2, 0.25) is 0 Å². The van der Waals surface area contributed by atoms with Gasteiger partial charge < -0.3 is 9.64 Å². The molecule has 1 saturated heterocycles. The van der Waals surface area contributed by atoms with Gasteiger partial charge in [-0.1, -0.05) is 42.5 Å². The van der Waals surface area contributed by atoms with Crippen LogP contribution in [-0.2, 0) is 6.42 Å². The maximum absolute atomic E-state index is 5.62. The predicted molar refractivity (Wildman–Crippen MR) is 131 cm³/mol. The maximum atomic E-state index is 5.62. The molecule has 3 aromatic rings. The van der Waals surface area contributed by atoms with Crippen LogP contribution >= 0.6 is 0 Å². The van der Waals surface area contributed by atoms with E-state index in [0.717, 1.165) is 18.8 Å². The molecule has 1 aliphatic carbocycles. The zero-order valence-electron chi connectivity index (χ0n) is 18.7. The van der Waals surface area contributed by atoms with Gasteiger partial charge in [-0.25, -0.2) is 0 Å². The summed E-state index contributed by atoms with van der Waals surface area (Å²) in [5.41, 5.74) is 4.38. The molecule has 0 radical (unpaired) electrons. The topological polar surface area (TPSA) is 15.7 Å². The van der Waals surface area contributed by atoms with Crippen molar-refractivity contribution in [3.05, 3.63) is 71.8 Å². The third-order valence-corrected chi connectivity index (χ3v) is 7.31. The van der Waals surface area contributed by atoms with Gasteiger partial charge in [-0.3, -0.25) is 4.90 Å². The van der Waals surface area contributed by atoms with E-state index in [2.05, 4.69) is 70.5 Å². The fourth-order valence-electron chi connectivity index (χ4n) is 5.57.